The van der Waals surface area contributed by atoms with Crippen molar-refractivity contribution in [3.8, 4) is 22.6 Å². The summed E-state index contributed by atoms with van der Waals surface area (Å²) in [6.45, 7) is 2.44. The number of aromatic carboxylic acids is 1. The van der Waals surface area contributed by atoms with Gasteiger partial charge in [-0.05, 0) is 41.8 Å². The molecular formula is C16H16O4. The predicted molar refractivity (Wildman–Crippen MR) is 76.3 cm³/mol. The molecule has 0 spiro atoms. The summed E-state index contributed by atoms with van der Waals surface area (Å²) in [7, 11) is 0. The van der Waals surface area contributed by atoms with Crippen molar-refractivity contribution in [1.29, 1.82) is 0 Å². The lowest BCUT2D eigenvalue weighted by Crippen LogP contribution is -2.04. The smallest absolute Gasteiger partial charge is 0.339 e. The lowest BCUT2D eigenvalue weighted by Gasteiger charge is -2.10. The maximum atomic E-state index is 11.3. The van der Waals surface area contributed by atoms with Crippen LogP contribution in [0.4, 0.5) is 0 Å². The molecule has 20 heavy (non-hydrogen) atoms. The summed E-state index contributed by atoms with van der Waals surface area (Å²) in [5.74, 6) is -0.521. The van der Waals surface area contributed by atoms with Crippen LogP contribution in [0.25, 0.3) is 11.1 Å². The molecule has 0 atom stereocenters. The maximum Gasteiger partial charge on any atom is 0.339 e. The van der Waals surface area contributed by atoms with Crippen molar-refractivity contribution in [1.82, 2.24) is 0 Å². The van der Waals surface area contributed by atoms with Gasteiger partial charge in [-0.15, -0.1) is 0 Å². The summed E-state index contributed by atoms with van der Waals surface area (Å²) in [5.41, 5.74) is 1.61. The van der Waals surface area contributed by atoms with Gasteiger partial charge in [0, 0.05) is 0 Å². The van der Waals surface area contributed by atoms with Gasteiger partial charge in [0.25, 0.3) is 0 Å². The molecule has 0 radical (unpaired) electrons. The number of aromatic hydroxyl groups is 1. The Labute approximate surface area is 117 Å². The topological polar surface area (TPSA) is 66.8 Å². The minimum absolute atomic E-state index is 0.124. The second-order valence-corrected chi connectivity index (χ2v) is 4.41. The van der Waals surface area contributed by atoms with Crippen LogP contribution in [0.1, 0.15) is 23.7 Å². The molecule has 2 aromatic rings. The van der Waals surface area contributed by atoms with Crippen molar-refractivity contribution in [3.63, 3.8) is 0 Å². The average Bonchev–Trinajstić information content (AvgIpc) is 2.44. The van der Waals surface area contributed by atoms with E-state index < -0.39 is 5.97 Å². The first-order valence-electron chi connectivity index (χ1n) is 6.41. The second-order valence-electron chi connectivity index (χ2n) is 4.41. The van der Waals surface area contributed by atoms with Crippen LogP contribution in [0.3, 0.4) is 0 Å². The molecule has 2 N–H and O–H groups in total. The van der Waals surface area contributed by atoms with E-state index in [1.165, 1.54) is 0 Å². The third kappa shape index (κ3) is 3.09. The van der Waals surface area contributed by atoms with E-state index in [4.69, 9.17) is 4.74 Å². The van der Waals surface area contributed by atoms with Crippen molar-refractivity contribution in [3.05, 3.63) is 48.0 Å². The van der Waals surface area contributed by atoms with E-state index in [9.17, 15) is 15.0 Å². The van der Waals surface area contributed by atoms with E-state index >= 15 is 0 Å². The molecule has 0 aliphatic rings. The fourth-order valence-electron chi connectivity index (χ4n) is 1.90. The molecular weight excluding hydrogens is 256 g/mol. The van der Waals surface area contributed by atoms with Crippen molar-refractivity contribution >= 4 is 5.97 Å². The Morgan fingerprint density at radius 2 is 1.90 bits per heavy atom. The SMILES string of the molecule is CCCOc1ccc(-c2cccc(O)c2)cc1C(=O)O. The summed E-state index contributed by atoms with van der Waals surface area (Å²) < 4.78 is 5.43. The predicted octanol–water partition coefficient (Wildman–Crippen LogP) is 3.55. The zero-order chi connectivity index (χ0) is 14.5. The average molecular weight is 272 g/mol. The molecule has 0 amide bonds. The highest BCUT2D eigenvalue weighted by molar-refractivity contribution is 5.92. The summed E-state index contributed by atoms with van der Waals surface area (Å²) in [5, 5.41) is 18.7. The summed E-state index contributed by atoms with van der Waals surface area (Å²) in [4.78, 5) is 11.3. The Morgan fingerprint density at radius 1 is 1.15 bits per heavy atom. The Balaban J connectivity index is 2.42. The monoisotopic (exact) mass is 272 g/mol. The number of ether oxygens (including phenoxy) is 1. The quantitative estimate of drug-likeness (QED) is 0.873. The molecule has 0 aromatic heterocycles. The van der Waals surface area contributed by atoms with Crippen LogP contribution >= 0.6 is 0 Å². The lowest BCUT2D eigenvalue weighted by molar-refractivity contribution is 0.0692. The minimum atomic E-state index is -1.03. The highest BCUT2D eigenvalue weighted by Gasteiger charge is 2.13. The second kappa shape index (κ2) is 6.10. The van der Waals surface area contributed by atoms with Crippen molar-refractivity contribution in [2.45, 2.75) is 13.3 Å². The molecule has 2 aromatic carbocycles. The Hall–Kier alpha value is -2.49. The van der Waals surface area contributed by atoms with Gasteiger partial charge in [0.2, 0.25) is 0 Å². The molecule has 0 fully saturated rings. The maximum absolute atomic E-state index is 11.3. The number of hydrogen-bond donors (Lipinski definition) is 2. The third-order valence-corrected chi connectivity index (χ3v) is 2.85. The zero-order valence-electron chi connectivity index (χ0n) is 11.2. The van der Waals surface area contributed by atoms with Crippen molar-refractivity contribution < 1.29 is 19.7 Å². The van der Waals surface area contributed by atoms with E-state index in [1.807, 2.05) is 13.0 Å². The Bertz CT molecular complexity index is 620. The molecule has 0 saturated carbocycles. The fraction of sp³-hybridized carbons (Fsp3) is 0.188. The van der Waals surface area contributed by atoms with Crippen molar-refractivity contribution in [2.24, 2.45) is 0 Å². The standard InChI is InChI=1S/C16H16O4/c1-2-8-20-15-7-6-12(10-14(15)16(18)19)11-4-3-5-13(17)9-11/h3-7,9-10,17H,2,8H2,1H3,(H,18,19). The van der Waals surface area contributed by atoms with Gasteiger partial charge < -0.3 is 14.9 Å². The normalized spacial score (nSPS) is 10.2. The molecule has 104 valence electrons. The largest absolute Gasteiger partial charge is 0.508 e. The molecule has 0 aliphatic heterocycles. The van der Waals surface area contributed by atoms with Crippen LogP contribution in [0.5, 0.6) is 11.5 Å². The van der Waals surface area contributed by atoms with Gasteiger partial charge in [0.05, 0.1) is 6.61 Å². The summed E-state index contributed by atoms with van der Waals surface area (Å²) in [6.07, 6.45) is 0.813. The number of carboxylic acids is 1. The van der Waals surface area contributed by atoms with E-state index in [-0.39, 0.29) is 11.3 Å². The fourth-order valence-corrected chi connectivity index (χ4v) is 1.90. The van der Waals surface area contributed by atoms with E-state index in [0.29, 0.717) is 12.4 Å². The number of carboxylic acid groups (broad SMARTS) is 1. The Kier molecular flexibility index (Phi) is 4.25. The van der Waals surface area contributed by atoms with Gasteiger partial charge in [0.15, 0.2) is 0 Å². The first kappa shape index (κ1) is 13.9. The van der Waals surface area contributed by atoms with Gasteiger partial charge in [-0.2, -0.15) is 0 Å². The van der Waals surface area contributed by atoms with E-state index in [2.05, 4.69) is 0 Å². The molecule has 2 rings (SSSR count). The van der Waals surface area contributed by atoms with Crippen LogP contribution in [0.15, 0.2) is 42.5 Å². The van der Waals surface area contributed by atoms with Crippen molar-refractivity contribution in [2.75, 3.05) is 6.61 Å². The first-order valence-corrected chi connectivity index (χ1v) is 6.41. The molecule has 0 unspecified atom stereocenters. The molecule has 4 nitrogen and oxygen atoms in total. The van der Waals surface area contributed by atoms with Gasteiger partial charge >= 0.3 is 5.97 Å². The van der Waals surface area contributed by atoms with Crippen LogP contribution in [-0.2, 0) is 0 Å². The summed E-state index contributed by atoms with van der Waals surface area (Å²) >= 11 is 0. The summed E-state index contributed by atoms with van der Waals surface area (Å²) in [6, 6.07) is 11.7. The molecule has 0 aliphatic carbocycles. The molecule has 0 bridgehead atoms. The number of rotatable bonds is 5. The van der Waals surface area contributed by atoms with E-state index in [1.54, 1.807) is 36.4 Å². The van der Waals surface area contributed by atoms with Gasteiger partial charge in [-0.3, -0.25) is 0 Å². The zero-order valence-corrected chi connectivity index (χ0v) is 11.2. The van der Waals surface area contributed by atoms with E-state index in [0.717, 1.165) is 17.5 Å². The molecule has 0 saturated heterocycles. The van der Waals surface area contributed by atoms with Crippen LogP contribution < -0.4 is 4.74 Å². The number of carbonyl (C=O) groups is 1. The van der Waals surface area contributed by atoms with Gasteiger partial charge in [-0.25, -0.2) is 4.79 Å². The van der Waals surface area contributed by atoms with Gasteiger partial charge in [-0.1, -0.05) is 25.1 Å². The van der Waals surface area contributed by atoms with Crippen LogP contribution in [0, 0.1) is 0 Å². The number of benzene rings is 2. The number of phenolic OH excluding ortho intramolecular Hbond substituents is 1. The number of phenols is 1. The Morgan fingerprint density at radius 3 is 2.55 bits per heavy atom. The van der Waals surface area contributed by atoms with Gasteiger partial charge in [0.1, 0.15) is 17.1 Å². The highest BCUT2D eigenvalue weighted by atomic mass is 16.5. The lowest BCUT2D eigenvalue weighted by atomic mass is 10.0. The molecule has 4 heteroatoms. The van der Waals surface area contributed by atoms with Crippen LogP contribution in [0.2, 0.25) is 0 Å². The third-order valence-electron chi connectivity index (χ3n) is 2.85. The minimum Gasteiger partial charge on any atom is -0.508 e. The van der Waals surface area contributed by atoms with Crippen LogP contribution in [-0.4, -0.2) is 22.8 Å². The number of hydrogen-bond acceptors (Lipinski definition) is 3. The first-order chi connectivity index (χ1) is 9.61. The highest BCUT2D eigenvalue weighted by Crippen LogP contribution is 2.28. The molecule has 0 heterocycles.